The van der Waals surface area contributed by atoms with Crippen LogP contribution in [0, 0.1) is 0 Å². The summed E-state index contributed by atoms with van der Waals surface area (Å²) in [6.07, 6.45) is 0.186. The van der Waals surface area contributed by atoms with E-state index in [4.69, 9.17) is 0 Å². The first-order valence-corrected chi connectivity index (χ1v) is 5.76. The molecule has 0 spiro atoms. The lowest BCUT2D eigenvalue weighted by Crippen LogP contribution is -2.24. The first kappa shape index (κ1) is 11.3. The van der Waals surface area contributed by atoms with E-state index < -0.39 is 6.19 Å². The quantitative estimate of drug-likeness (QED) is 0.607. The zero-order valence-electron chi connectivity index (χ0n) is 8.88. The van der Waals surface area contributed by atoms with E-state index in [1.54, 1.807) is 0 Å². The van der Waals surface area contributed by atoms with Crippen LogP contribution in [0.15, 0.2) is 54.6 Å². The molecule has 0 aliphatic rings. The molecule has 1 nitrogen and oxygen atoms in total. The molecular weight excluding hydrogens is 215 g/mol. The summed E-state index contributed by atoms with van der Waals surface area (Å²) in [6.45, 7) is 0. The van der Waals surface area contributed by atoms with Crippen molar-refractivity contribution in [3.8, 4) is 0 Å². The van der Waals surface area contributed by atoms with Crippen molar-refractivity contribution in [2.24, 2.45) is 0 Å². The van der Waals surface area contributed by atoms with Crippen molar-refractivity contribution in [1.82, 2.24) is 0 Å². The zero-order chi connectivity index (χ0) is 11.4. The minimum atomic E-state index is -0.698. The molecule has 0 amide bonds. The molecule has 80 valence electrons. The lowest BCUT2D eigenvalue weighted by molar-refractivity contribution is 0.609. The van der Waals surface area contributed by atoms with E-state index in [2.05, 4.69) is 30.7 Å². The van der Waals surface area contributed by atoms with Crippen molar-refractivity contribution in [2.45, 2.75) is 6.42 Å². The summed E-state index contributed by atoms with van der Waals surface area (Å²) in [5.74, 6) is 0. The van der Waals surface area contributed by atoms with Gasteiger partial charge in [0.1, 0.15) is 0 Å². The first-order valence-electron chi connectivity index (χ1n) is 5.24. The summed E-state index contributed by atoms with van der Waals surface area (Å²) in [7, 11) is 0. The van der Waals surface area contributed by atoms with E-state index in [1.807, 2.05) is 36.4 Å². The van der Waals surface area contributed by atoms with E-state index in [9.17, 15) is 5.02 Å². The van der Waals surface area contributed by atoms with Crippen LogP contribution in [0.1, 0.15) is 11.1 Å². The van der Waals surface area contributed by atoms with Crippen LogP contribution < -0.4 is 5.46 Å². The average molecular weight is 228 g/mol. The van der Waals surface area contributed by atoms with Crippen molar-refractivity contribution < 1.29 is 5.02 Å². The highest BCUT2D eigenvalue weighted by molar-refractivity contribution is 8.10. The van der Waals surface area contributed by atoms with Gasteiger partial charge in [0.2, 0.25) is 0 Å². The fraction of sp³-hybridized carbons (Fsp3) is 0.0769. The van der Waals surface area contributed by atoms with Gasteiger partial charge in [-0.3, -0.25) is 0 Å². The molecule has 16 heavy (non-hydrogen) atoms. The summed E-state index contributed by atoms with van der Waals surface area (Å²) < 4.78 is 0. The van der Waals surface area contributed by atoms with E-state index >= 15 is 0 Å². The molecule has 0 saturated heterocycles. The van der Waals surface area contributed by atoms with E-state index in [0.29, 0.717) is 0 Å². The van der Waals surface area contributed by atoms with Crippen molar-refractivity contribution in [1.29, 1.82) is 0 Å². The Bertz CT molecular complexity index is 456. The van der Waals surface area contributed by atoms with Gasteiger partial charge in [0.15, 0.2) is 0 Å². The maximum Gasteiger partial charge on any atom is 0.390 e. The predicted octanol–water partition coefficient (Wildman–Crippen LogP) is 1.89. The largest absolute Gasteiger partial charge is 0.438 e. The molecular formula is C13H13BOS. The first-order chi connectivity index (χ1) is 7.75. The van der Waals surface area contributed by atoms with Gasteiger partial charge in [0.25, 0.3) is 0 Å². The van der Waals surface area contributed by atoms with Crippen molar-refractivity contribution >= 4 is 24.1 Å². The average Bonchev–Trinajstić information content (AvgIpc) is 2.30. The van der Waals surface area contributed by atoms with Crippen molar-refractivity contribution in [3.05, 3.63) is 65.7 Å². The van der Waals surface area contributed by atoms with Gasteiger partial charge in [-0.15, -0.1) is 0 Å². The Morgan fingerprint density at radius 3 is 2.31 bits per heavy atom. The standard InChI is InChI=1S/C13H13BOS/c15-14(16)13-8-4-7-12(10-13)9-11-5-2-1-3-6-11/h1-8,10,15-16H,9H2. The van der Waals surface area contributed by atoms with Crippen LogP contribution in [-0.4, -0.2) is 11.2 Å². The summed E-state index contributed by atoms with van der Waals surface area (Å²) in [4.78, 5) is 0. The minimum absolute atomic E-state index is 0.698. The van der Waals surface area contributed by atoms with Crippen LogP contribution >= 0.6 is 12.5 Å². The molecule has 3 heteroatoms. The van der Waals surface area contributed by atoms with Crippen LogP contribution in [0.2, 0.25) is 0 Å². The molecule has 1 N–H and O–H groups in total. The van der Waals surface area contributed by atoms with Gasteiger partial charge in [-0.25, -0.2) is 0 Å². The fourth-order valence-corrected chi connectivity index (χ4v) is 1.86. The molecule has 2 rings (SSSR count). The van der Waals surface area contributed by atoms with E-state index in [-0.39, 0.29) is 0 Å². The Balaban J connectivity index is 2.19. The summed E-state index contributed by atoms with van der Waals surface area (Å²) in [5, 5.41) is 9.38. The minimum Gasteiger partial charge on any atom is -0.438 e. The number of hydrogen-bond donors (Lipinski definition) is 2. The highest BCUT2D eigenvalue weighted by atomic mass is 32.1. The van der Waals surface area contributed by atoms with Crippen LogP contribution in [0.3, 0.4) is 0 Å². The second kappa shape index (κ2) is 5.24. The molecule has 0 aromatic heterocycles. The molecule has 0 atom stereocenters. The highest BCUT2D eigenvalue weighted by Crippen LogP contribution is 2.08. The number of benzene rings is 2. The summed E-state index contributed by atoms with van der Waals surface area (Å²) >= 11 is 4.02. The Kier molecular flexibility index (Phi) is 3.70. The second-order valence-corrected chi connectivity index (χ2v) is 4.27. The number of rotatable bonds is 3. The highest BCUT2D eigenvalue weighted by Gasteiger charge is 2.08. The lowest BCUT2D eigenvalue weighted by atomic mass is 9.85. The normalized spacial score (nSPS) is 10.1. The third-order valence-electron chi connectivity index (χ3n) is 2.50. The summed E-state index contributed by atoms with van der Waals surface area (Å²) in [5.41, 5.74) is 3.31. The second-order valence-electron chi connectivity index (χ2n) is 3.78. The lowest BCUT2D eigenvalue weighted by Gasteiger charge is -2.05. The van der Waals surface area contributed by atoms with Crippen LogP contribution in [0.25, 0.3) is 0 Å². The van der Waals surface area contributed by atoms with E-state index in [1.165, 1.54) is 11.1 Å². The van der Waals surface area contributed by atoms with Gasteiger partial charge in [-0.05, 0) is 23.0 Å². The fourth-order valence-electron chi connectivity index (χ4n) is 1.70. The van der Waals surface area contributed by atoms with Crippen molar-refractivity contribution in [3.63, 3.8) is 0 Å². The molecule has 2 aromatic rings. The maximum absolute atomic E-state index is 9.38. The number of thiol groups is 1. The zero-order valence-corrected chi connectivity index (χ0v) is 9.77. The molecule has 0 radical (unpaired) electrons. The summed E-state index contributed by atoms with van der Waals surface area (Å²) in [6, 6.07) is 18.2. The SMILES string of the molecule is OB(S)c1cccc(Cc2ccccc2)c1. The topological polar surface area (TPSA) is 20.2 Å². The molecule has 0 unspecified atom stereocenters. The number of hydrogen-bond acceptors (Lipinski definition) is 2. The molecule has 0 fully saturated rings. The van der Waals surface area contributed by atoms with Crippen LogP contribution in [0.5, 0.6) is 0 Å². The molecule has 2 aromatic carbocycles. The predicted molar refractivity (Wildman–Crippen MR) is 72.3 cm³/mol. The van der Waals surface area contributed by atoms with Gasteiger partial charge in [-0.1, -0.05) is 54.6 Å². The van der Waals surface area contributed by atoms with Gasteiger partial charge in [-0.2, -0.15) is 12.5 Å². The third kappa shape index (κ3) is 2.91. The molecule has 0 aliphatic heterocycles. The van der Waals surface area contributed by atoms with Crippen LogP contribution in [-0.2, 0) is 6.42 Å². The molecule has 0 bridgehead atoms. The molecule has 0 heterocycles. The Labute approximate surface area is 102 Å². The van der Waals surface area contributed by atoms with Gasteiger partial charge >= 0.3 is 6.19 Å². The van der Waals surface area contributed by atoms with E-state index in [0.717, 1.165) is 11.9 Å². The smallest absolute Gasteiger partial charge is 0.390 e. The monoisotopic (exact) mass is 228 g/mol. The Hall–Kier alpha value is -1.19. The molecule has 0 aliphatic carbocycles. The molecule has 0 saturated carbocycles. The Morgan fingerprint density at radius 1 is 0.938 bits per heavy atom. The van der Waals surface area contributed by atoms with Crippen LogP contribution in [0.4, 0.5) is 0 Å². The maximum atomic E-state index is 9.38. The third-order valence-corrected chi connectivity index (χ3v) is 2.80. The van der Waals surface area contributed by atoms with Gasteiger partial charge < -0.3 is 5.02 Å². The Morgan fingerprint density at radius 2 is 1.62 bits per heavy atom. The van der Waals surface area contributed by atoms with Gasteiger partial charge in [0, 0.05) is 0 Å². The van der Waals surface area contributed by atoms with Gasteiger partial charge in [0.05, 0.1) is 0 Å². The van der Waals surface area contributed by atoms with Crippen molar-refractivity contribution in [2.75, 3.05) is 0 Å².